The Hall–Kier alpha value is -2.31. The molecule has 0 aliphatic carbocycles. The van der Waals surface area contributed by atoms with Crippen LogP contribution in [-0.4, -0.2) is 6.61 Å². The summed E-state index contributed by atoms with van der Waals surface area (Å²) in [4.78, 5) is 0. The van der Waals surface area contributed by atoms with Crippen molar-refractivity contribution in [2.45, 2.75) is 45.3 Å². The highest BCUT2D eigenvalue weighted by molar-refractivity contribution is 5.58. The zero-order valence-corrected chi connectivity index (χ0v) is 15.0. The molecular formula is C22H26N2O. The maximum Gasteiger partial charge on any atom is 0.0895 e. The second kappa shape index (κ2) is 8.18. The number of hydrogen-bond acceptors (Lipinski definition) is 3. The lowest BCUT2D eigenvalue weighted by Gasteiger charge is -2.43. The van der Waals surface area contributed by atoms with Gasteiger partial charge in [-0.3, -0.25) is 0 Å². The number of benzene rings is 2. The molecule has 0 saturated carbocycles. The van der Waals surface area contributed by atoms with Gasteiger partial charge in [-0.05, 0) is 30.0 Å². The minimum atomic E-state index is 0.129. The van der Waals surface area contributed by atoms with Crippen molar-refractivity contribution in [3.63, 3.8) is 0 Å². The van der Waals surface area contributed by atoms with E-state index in [0.717, 1.165) is 24.3 Å². The van der Waals surface area contributed by atoms with Crippen LogP contribution in [0.4, 0.5) is 5.69 Å². The zero-order chi connectivity index (χ0) is 17.6. The Morgan fingerprint density at radius 3 is 2.72 bits per heavy atom. The molecule has 1 N–H and O–H groups in total. The van der Waals surface area contributed by atoms with Gasteiger partial charge in [0.05, 0.1) is 24.6 Å². The Morgan fingerprint density at radius 2 is 1.96 bits per heavy atom. The molecule has 25 heavy (non-hydrogen) atoms. The van der Waals surface area contributed by atoms with Gasteiger partial charge in [-0.2, -0.15) is 5.26 Å². The van der Waals surface area contributed by atoms with Crippen LogP contribution in [0.3, 0.4) is 0 Å². The van der Waals surface area contributed by atoms with E-state index in [-0.39, 0.29) is 12.1 Å². The summed E-state index contributed by atoms with van der Waals surface area (Å²) in [6.07, 6.45) is 2.86. The number of anilines is 1. The normalized spacial score (nSPS) is 23.8. The Morgan fingerprint density at radius 1 is 1.16 bits per heavy atom. The van der Waals surface area contributed by atoms with Crippen LogP contribution in [0.1, 0.15) is 55.5 Å². The van der Waals surface area contributed by atoms with Crippen molar-refractivity contribution in [1.82, 2.24) is 0 Å². The van der Waals surface area contributed by atoms with Gasteiger partial charge in [-0.15, -0.1) is 0 Å². The molecule has 0 spiro atoms. The number of ether oxygens (including phenoxy) is 1. The van der Waals surface area contributed by atoms with Gasteiger partial charge in [-0.25, -0.2) is 0 Å². The first-order valence-electron chi connectivity index (χ1n) is 9.29. The molecule has 2 aliphatic heterocycles. The first kappa shape index (κ1) is 17.5. The molecule has 1 fully saturated rings. The van der Waals surface area contributed by atoms with Crippen LogP contribution in [0.15, 0.2) is 48.5 Å². The molecule has 3 nitrogen and oxygen atoms in total. The molecule has 0 radical (unpaired) electrons. The maximum atomic E-state index is 8.95. The lowest BCUT2D eigenvalue weighted by molar-refractivity contribution is -0.0381. The van der Waals surface area contributed by atoms with E-state index in [1.165, 1.54) is 17.5 Å². The molecule has 1 saturated heterocycles. The number of hydrogen-bond donors (Lipinski definition) is 1. The molecule has 0 aromatic heterocycles. The van der Waals surface area contributed by atoms with E-state index >= 15 is 0 Å². The Labute approximate surface area is 150 Å². The van der Waals surface area contributed by atoms with E-state index < -0.39 is 0 Å². The molecule has 2 aromatic rings. The summed E-state index contributed by atoms with van der Waals surface area (Å²) >= 11 is 0. The van der Waals surface area contributed by atoms with E-state index in [1.54, 1.807) is 0 Å². The molecule has 2 heterocycles. The Balaban J connectivity index is 0.000000880. The van der Waals surface area contributed by atoms with Crippen molar-refractivity contribution < 1.29 is 4.74 Å². The first-order valence-corrected chi connectivity index (χ1v) is 9.29. The SMILES string of the molecule is CC.N#CCc1ccc2c(c1)C1OCCC[C@H]1[C@H](c1ccccc1)N2. The molecule has 0 bridgehead atoms. The van der Waals surface area contributed by atoms with Gasteiger partial charge in [0.1, 0.15) is 0 Å². The van der Waals surface area contributed by atoms with Gasteiger partial charge in [0.2, 0.25) is 0 Å². The van der Waals surface area contributed by atoms with Gasteiger partial charge in [0.25, 0.3) is 0 Å². The van der Waals surface area contributed by atoms with Gasteiger partial charge in [-0.1, -0.05) is 56.3 Å². The van der Waals surface area contributed by atoms with Crippen molar-refractivity contribution >= 4 is 5.69 Å². The summed E-state index contributed by atoms with van der Waals surface area (Å²) in [5.74, 6) is 0.441. The number of nitriles is 1. The highest BCUT2D eigenvalue weighted by atomic mass is 16.5. The Bertz CT molecular complexity index is 735. The van der Waals surface area contributed by atoms with Crippen LogP contribution in [0.25, 0.3) is 0 Å². The second-order valence-corrected chi connectivity index (χ2v) is 6.39. The third-order valence-corrected chi connectivity index (χ3v) is 4.97. The third kappa shape index (κ3) is 3.55. The molecule has 1 unspecified atom stereocenters. The van der Waals surface area contributed by atoms with Crippen LogP contribution in [0, 0.1) is 17.2 Å². The van der Waals surface area contributed by atoms with Crippen LogP contribution >= 0.6 is 0 Å². The van der Waals surface area contributed by atoms with Crippen molar-refractivity contribution in [2.75, 3.05) is 11.9 Å². The number of nitrogens with zero attached hydrogens (tertiary/aromatic N) is 1. The average Bonchev–Trinajstić information content (AvgIpc) is 2.70. The van der Waals surface area contributed by atoms with Gasteiger partial charge < -0.3 is 10.1 Å². The second-order valence-electron chi connectivity index (χ2n) is 6.39. The van der Waals surface area contributed by atoms with Crippen LogP contribution in [0.5, 0.6) is 0 Å². The molecule has 4 rings (SSSR count). The van der Waals surface area contributed by atoms with E-state index in [9.17, 15) is 0 Å². The largest absolute Gasteiger partial charge is 0.378 e. The van der Waals surface area contributed by atoms with Crippen LogP contribution < -0.4 is 5.32 Å². The molecular weight excluding hydrogens is 308 g/mol. The fraction of sp³-hybridized carbons (Fsp3) is 0.409. The summed E-state index contributed by atoms with van der Waals surface area (Å²) in [6, 6.07) is 19.5. The van der Waals surface area contributed by atoms with Gasteiger partial charge in [0.15, 0.2) is 0 Å². The van der Waals surface area contributed by atoms with Gasteiger partial charge in [0, 0.05) is 23.8 Å². The molecule has 130 valence electrons. The standard InChI is InChI=1S/C20H20N2O.C2H6/c21-11-10-14-8-9-18-17(13-14)20-16(7-4-12-23-20)19(22-18)15-5-2-1-3-6-15;1-2/h1-3,5-6,8-9,13,16,19-20,22H,4,7,10,12H2;1-2H3/t16-,19-,20?;/m0./s1. The number of nitrogens with one attached hydrogen (secondary N) is 1. The zero-order valence-electron chi connectivity index (χ0n) is 15.0. The van der Waals surface area contributed by atoms with E-state index in [1.807, 2.05) is 19.9 Å². The first-order chi connectivity index (χ1) is 12.4. The predicted octanol–water partition coefficient (Wildman–Crippen LogP) is 5.41. The molecule has 3 atom stereocenters. The summed E-state index contributed by atoms with van der Waals surface area (Å²) in [7, 11) is 0. The maximum absolute atomic E-state index is 8.95. The lowest BCUT2D eigenvalue weighted by Crippen LogP contribution is -2.36. The minimum Gasteiger partial charge on any atom is -0.378 e. The smallest absolute Gasteiger partial charge is 0.0895 e. The van der Waals surface area contributed by atoms with Crippen LogP contribution in [0.2, 0.25) is 0 Å². The highest BCUT2D eigenvalue weighted by Crippen LogP contribution is 2.49. The summed E-state index contributed by atoms with van der Waals surface area (Å²) < 4.78 is 6.17. The van der Waals surface area contributed by atoms with Crippen molar-refractivity contribution in [1.29, 1.82) is 5.26 Å². The molecule has 3 heteroatoms. The fourth-order valence-electron chi connectivity index (χ4n) is 3.91. The molecule has 2 aromatic carbocycles. The summed E-state index contributed by atoms with van der Waals surface area (Å²) in [5, 5.41) is 12.7. The fourth-order valence-corrected chi connectivity index (χ4v) is 3.91. The number of fused-ring (bicyclic) bond motifs is 3. The summed E-state index contributed by atoms with van der Waals surface area (Å²) in [6.45, 7) is 4.82. The quantitative estimate of drug-likeness (QED) is 0.798. The minimum absolute atomic E-state index is 0.129. The molecule has 0 amide bonds. The average molecular weight is 334 g/mol. The van der Waals surface area contributed by atoms with Crippen LogP contribution in [-0.2, 0) is 11.2 Å². The van der Waals surface area contributed by atoms with E-state index in [0.29, 0.717) is 12.3 Å². The highest BCUT2D eigenvalue weighted by Gasteiger charge is 2.39. The Kier molecular flexibility index (Phi) is 5.73. The number of rotatable bonds is 2. The summed E-state index contributed by atoms with van der Waals surface area (Å²) in [5.41, 5.74) is 4.75. The van der Waals surface area contributed by atoms with E-state index in [2.05, 4.69) is 53.9 Å². The van der Waals surface area contributed by atoms with Crippen molar-refractivity contribution in [3.05, 3.63) is 65.2 Å². The van der Waals surface area contributed by atoms with Crippen molar-refractivity contribution in [3.8, 4) is 6.07 Å². The third-order valence-electron chi connectivity index (χ3n) is 4.97. The van der Waals surface area contributed by atoms with E-state index in [4.69, 9.17) is 10.00 Å². The topological polar surface area (TPSA) is 45.0 Å². The lowest BCUT2D eigenvalue weighted by atomic mass is 9.77. The van der Waals surface area contributed by atoms with Gasteiger partial charge >= 0.3 is 0 Å². The predicted molar refractivity (Wildman–Crippen MR) is 101 cm³/mol. The molecule has 2 aliphatic rings. The monoisotopic (exact) mass is 334 g/mol. The van der Waals surface area contributed by atoms with Crippen molar-refractivity contribution in [2.24, 2.45) is 5.92 Å².